The van der Waals surface area contributed by atoms with Crippen molar-refractivity contribution in [3.8, 4) is 0 Å². The lowest BCUT2D eigenvalue weighted by molar-refractivity contribution is -0.120. The third kappa shape index (κ3) is 5.20. The molecule has 1 aromatic carbocycles. The summed E-state index contributed by atoms with van der Waals surface area (Å²) in [5.74, 6) is -0.756. The third-order valence-corrected chi connectivity index (χ3v) is 8.88. The molecule has 1 aromatic heterocycles. The Morgan fingerprint density at radius 3 is 2.50 bits per heavy atom. The number of carbonyl (C=O) groups is 2. The molecule has 4 rings (SSSR count). The predicted octanol–water partition coefficient (Wildman–Crippen LogP) is 3.69. The fourth-order valence-electron chi connectivity index (χ4n) is 4.74. The second kappa shape index (κ2) is 10.3. The van der Waals surface area contributed by atoms with E-state index in [-0.39, 0.29) is 23.3 Å². The van der Waals surface area contributed by atoms with Crippen LogP contribution in [0.5, 0.6) is 0 Å². The van der Waals surface area contributed by atoms with Crippen molar-refractivity contribution >= 4 is 27.5 Å². The molecular weight excluding hydrogens is 452 g/mol. The summed E-state index contributed by atoms with van der Waals surface area (Å²) in [4.78, 5) is 30.6. The van der Waals surface area contributed by atoms with Crippen molar-refractivity contribution in [2.24, 2.45) is 5.92 Å². The first-order valence-corrected chi connectivity index (χ1v) is 13.6. The number of nitrogens with zero attached hydrogens (tertiary/aromatic N) is 2. The van der Waals surface area contributed by atoms with E-state index in [1.807, 2.05) is 32.0 Å². The lowest BCUT2D eigenvalue weighted by Crippen LogP contribution is -2.43. The van der Waals surface area contributed by atoms with Crippen molar-refractivity contribution < 1.29 is 18.0 Å². The fraction of sp³-hybridized carbons (Fsp3) is 0.520. The van der Waals surface area contributed by atoms with Crippen LogP contribution in [-0.2, 0) is 14.8 Å². The van der Waals surface area contributed by atoms with Crippen LogP contribution in [-0.4, -0.2) is 60.6 Å². The zero-order chi connectivity index (χ0) is 24.3. The minimum Gasteiger partial charge on any atom is -0.356 e. The van der Waals surface area contributed by atoms with Crippen LogP contribution < -0.4 is 5.32 Å². The summed E-state index contributed by atoms with van der Waals surface area (Å²) in [6.45, 7) is 5.82. The van der Waals surface area contributed by atoms with E-state index >= 15 is 0 Å². The first kappa shape index (κ1) is 24.5. The molecule has 2 amide bonds. The van der Waals surface area contributed by atoms with E-state index in [1.165, 1.54) is 16.6 Å². The molecule has 0 unspecified atom stereocenters. The standard InChI is InChI=1S/C25H34N4O4S/c1-18-9-7-11-22(19(18)2)27-24(30)20-10-8-14-29(17-20)34(32,33)21-15-23(26-16-21)25(31)28-12-5-3-4-6-13-28/h7,9,11,15-16,20,26H,3-6,8,10,12-14,17H2,1-2H3,(H,27,30)/t20-/m1/s1. The number of nitrogens with one attached hydrogen (secondary N) is 2. The highest BCUT2D eigenvalue weighted by Gasteiger charge is 2.34. The van der Waals surface area contributed by atoms with E-state index in [2.05, 4.69) is 10.3 Å². The lowest BCUT2D eigenvalue weighted by Gasteiger charge is -2.31. The zero-order valence-corrected chi connectivity index (χ0v) is 20.8. The Kier molecular flexibility index (Phi) is 7.42. The lowest BCUT2D eigenvalue weighted by atomic mass is 9.98. The van der Waals surface area contributed by atoms with E-state index in [0.29, 0.717) is 38.2 Å². The van der Waals surface area contributed by atoms with Gasteiger partial charge in [0.2, 0.25) is 15.9 Å². The summed E-state index contributed by atoms with van der Waals surface area (Å²) in [5, 5.41) is 2.98. The maximum Gasteiger partial charge on any atom is 0.270 e. The average Bonchev–Trinajstić information content (AvgIpc) is 3.18. The van der Waals surface area contributed by atoms with Crippen molar-refractivity contribution in [2.45, 2.75) is 57.3 Å². The molecule has 3 heterocycles. The Morgan fingerprint density at radius 1 is 1.03 bits per heavy atom. The number of carbonyl (C=O) groups excluding carboxylic acids is 2. The molecule has 0 saturated carbocycles. The predicted molar refractivity (Wildman–Crippen MR) is 131 cm³/mol. The monoisotopic (exact) mass is 486 g/mol. The summed E-state index contributed by atoms with van der Waals surface area (Å²) >= 11 is 0. The maximum atomic E-state index is 13.3. The summed E-state index contributed by atoms with van der Waals surface area (Å²) in [6.07, 6.45) is 6.79. The SMILES string of the molecule is Cc1cccc(NC(=O)[C@@H]2CCCN(S(=O)(=O)c3c[nH]c(C(=O)N4CCCCCC4)c3)C2)c1C. The summed E-state index contributed by atoms with van der Waals surface area (Å²) in [5.41, 5.74) is 3.14. The molecule has 1 atom stereocenters. The molecule has 2 saturated heterocycles. The number of likely N-dealkylation sites (tertiary alicyclic amines) is 1. The molecule has 34 heavy (non-hydrogen) atoms. The third-order valence-electron chi connectivity index (χ3n) is 7.04. The Balaban J connectivity index is 1.44. The number of H-pyrrole nitrogens is 1. The van der Waals surface area contributed by atoms with Crippen LogP contribution in [0.4, 0.5) is 5.69 Å². The quantitative estimate of drug-likeness (QED) is 0.673. The van der Waals surface area contributed by atoms with Crippen LogP contribution in [0.2, 0.25) is 0 Å². The number of aromatic nitrogens is 1. The number of sulfonamides is 1. The summed E-state index contributed by atoms with van der Waals surface area (Å²) < 4.78 is 28.0. The van der Waals surface area contributed by atoms with Gasteiger partial charge in [0.25, 0.3) is 5.91 Å². The minimum atomic E-state index is -3.82. The molecule has 0 spiro atoms. The largest absolute Gasteiger partial charge is 0.356 e. The molecule has 0 aliphatic carbocycles. The molecule has 2 fully saturated rings. The molecule has 184 valence electrons. The number of rotatable bonds is 5. The Morgan fingerprint density at radius 2 is 1.76 bits per heavy atom. The average molecular weight is 487 g/mol. The van der Waals surface area contributed by atoms with Gasteiger partial charge in [-0.25, -0.2) is 8.42 Å². The van der Waals surface area contributed by atoms with Crippen molar-refractivity contribution in [1.82, 2.24) is 14.2 Å². The Bertz CT molecular complexity index is 1150. The van der Waals surface area contributed by atoms with Crippen molar-refractivity contribution in [3.05, 3.63) is 47.3 Å². The molecule has 8 nitrogen and oxygen atoms in total. The van der Waals surface area contributed by atoms with Gasteiger partial charge in [0.05, 0.1) is 5.92 Å². The van der Waals surface area contributed by atoms with Crippen LogP contribution in [0, 0.1) is 19.8 Å². The van der Waals surface area contributed by atoms with Gasteiger partial charge in [-0.1, -0.05) is 25.0 Å². The van der Waals surface area contributed by atoms with Gasteiger partial charge in [-0.3, -0.25) is 9.59 Å². The number of anilines is 1. The van der Waals surface area contributed by atoms with Gasteiger partial charge in [-0.05, 0) is 62.8 Å². The normalized spacial score (nSPS) is 20.1. The second-order valence-corrected chi connectivity index (χ2v) is 11.3. The zero-order valence-electron chi connectivity index (χ0n) is 20.0. The van der Waals surface area contributed by atoms with Gasteiger partial charge in [0.1, 0.15) is 10.6 Å². The first-order chi connectivity index (χ1) is 16.3. The minimum absolute atomic E-state index is 0.0706. The molecule has 9 heteroatoms. The topological polar surface area (TPSA) is 103 Å². The highest BCUT2D eigenvalue weighted by molar-refractivity contribution is 7.89. The van der Waals surface area contributed by atoms with Crippen LogP contribution in [0.25, 0.3) is 0 Å². The smallest absolute Gasteiger partial charge is 0.270 e. The van der Waals surface area contributed by atoms with Crippen molar-refractivity contribution in [1.29, 1.82) is 0 Å². The molecular formula is C25H34N4O4S. The number of amides is 2. The summed E-state index contributed by atoms with van der Waals surface area (Å²) in [6, 6.07) is 7.18. The van der Waals surface area contributed by atoms with Crippen LogP contribution >= 0.6 is 0 Å². The van der Waals surface area contributed by atoms with Crippen LogP contribution in [0.15, 0.2) is 35.4 Å². The van der Waals surface area contributed by atoms with Crippen LogP contribution in [0.1, 0.15) is 60.1 Å². The van der Waals surface area contributed by atoms with Gasteiger partial charge < -0.3 is 15.2 Å². The van der Waals surface area contributed by atoms with E-state index in [0.717, 1.165) is 42.5 Å². The number of benzene rings is 1. The number of hydrogen-bond acceptors (Lipinski definition) is 4. The van der Waals surface area contributed by atoms with Gasteiger partial charge in [-0.15, -0.1) is 0 Å². The molecule has 2 N–H and O–H groups in total. The van der Waals surface area contributed by atoms with Gasteiger partial charge in [0.15, 0.2) is 0 Å². The second-order valence-electron chi connectivity index (χ2n) is 9.39. The van der Waals surface area contributed by atoms with E-state index in [4.69, 9.17) is 0 Å². The van der Waals surface area contributed by atoms with Gasteiger partial charge in [-0.2, -0.15) is 4.31 Å². The molecule has 2 aliphatic heterocycles. The van der Waals surface area contributed by atoms with E-state index < -0.39 is 15.9 Å². The highest BCUT2D eigenvalue weighted by atomic mass is 32.2. The summed E-state index contributed by atoms with van der Waals surface area (Å²) in [7, 11) is -3.82. The van der Waals surface area contributed by atoms with Gasteiger partial charge >= 0.3 is 0 Å². The Labute approximate surface area is 201 Å². The molecule has 2 aromatic rings. The molecule has 0 bridgehead atoms. The first-order valence-electron chi connectivity index (χ1n) is 12.1. The number of aryl methyl sites for hydroxylation is 1. The van der Waals surface area contributed by atoms with Gasteiger partial charge in [0, 0.05) is 38.1 Å². The molecule has 2 aliphatic rings. The number of aromatic amines is 1. The van der Waals surface area contributed by atoms with E-state index in [9.17, 15) is 18.0 Å². The molecule has 0 radical (unpaired) electrons. The van der Waals surface area contributed by atoms with E-state index in [1.54, 1.807) is 4.90 Å². The number of piperidine rings is 1. The number of hydrogen-bond donors (Lipinski definition) is 2. The van der Waals surface area contributed by atoms with Crippen molar-refractivity contribution in [3.63, 3.8) is 0 Å². The highest BCUT2D eigenvalue weighted by Crippen LogP contribution is 2.27. The maximum absolute atomic E-state index is 13.3. The fourth-order valence-corrected chi connectivity index (χ4v) is 6.25. The Hall–Kier alpha value is -2.65. The van der Waals surface area contributed by atoms with Crippen LogP contribution in [0.3, 0.4) is 0 Å². The van der Waals surface area contributed by atoms with Crippen molar-refractivity contribution in [2.75, 3.05) is 31.5 Å².